The first-order valence-corrected chi connectivity index (χ1v) is 23.0. The summed E-state index contributed by atoms with van der Waals surface area (Å²) in [7, 11) is 0. The van der Waals surface area contributed by atoms with Crippen molar-refractivity contribution in [1.29, 1.82) is 0 Å². The minimum absolute atomic E-state index is 0.0628. The average molecular weight is 737 g/mol. The number of unbranched alkanes of at least 4 members (excludes halogenated alkanes) is 31. The summed E-state index contributed by atoms with van der Waals surface area (Å²) in [6.45, 7) is 6.63. The van der Waals surface area contributed by atoms with Crippen LogP contribution in [0.1, 0.15) is 258 Å². The molecule has 0 heterocycles. The fourth-order valence-electron chi connectivity index (χ4n) is 6.85. The van der Waals surface area contributed by atoms with E-state index in [1.807, 2.05) is 0 Å². The van der Waals surface area contributed by atoms with Crippen molar-refractivity contribution in [3.8, 4) is 0 Å². The van der Waals surface area contributed by atoms with E-state index in [0.29, 0.717) is 19.3 Å². The minimum atomic E-state index is -0.757. The van der Waals surface area contributed by atoms with Crippen molar-refractivity contribution >= 4 is 17.9 Å². The van der Waals surface area contributed by atoms with Crippen LogP contribution in [0.5, 0.6) is 0 Å². The molecular formula is C46H88O6. The van der Waals surface area contributed by atoms with E-state index in [9.17, 15) is 14.4 Å². The molecule has 0 aliphatic carbocycles. The number of esters is 3. The summed E-state index contributed by atoms with van der Waals surface area (Å²) in [6, 6.07) is 0. The van der Waals surface area contributed by atoms with Crippen molar-refractivity contribution in [2.75, 3.05) is 13.2 Å². The Morgan fingerprint density at radius 1 is 0.308 bits per heavy atom. The third kappa shape index (κ3) is 39.6. The highest BCUT2D eigenvalue weighted by Crippen LogP contribution is 2.16. The molecule has 6 nitrogen and oxygen atoms in total. The van der Waals surface area contributed by atoms with E-state index >= 15 is 0 Å². The molecule has 0 aliphatic rings. The smallest absolute Gasteiger partial charge is 0.306 e. The fourth-order valence-corrected chi connectivity index (χ4v) is 6.85. The van der Waals surface area contributed by atoms with Crippen LogP contribution in [-0.2, 0) is 28.6 Å². The monoisotopic (exact) mass is 737 g/mol. The number of carbonyl (C=O) groups is 3. The molecule has 0 aliphatic heterocycles. The first-order valence-electron chi connectivity index (χ1n) is 23.0. The molecule has 6 heteroatoms. The number of carbonyl (C=O) groups excluding carboxylic acids is 3. The molecule has 0 spiro atoms. The standard InChI is InChI=1S/C46H88O6/c1-4-7-10-13-16-19-21-22-23-25-28-30-33-36-39-45(48)51-42-43(52-46(49)40-37-34-31-26-18-15-12-9-6-3)41-50-44(47)38-35-32-29-27-24-20-17-14-11-8-5-2/h43H,4-42H2,1-3H3/t43-/m1/s1. The van der Waals surface area contributed by atoms with Crippen LogP contribution in [0.4, 0.5) is 0 Å². The highest BCUT2D eigenvalue weighted by atomic mass is 16.6. The van der Waals surface area contributed by atoms with E-state index in [0.717, 1.165) is 57.8 Å². The van der Waals surface area contributed by atoms with Crippen molar-refractivity contribution in [3.05, 3.63) is 0 Å². The summed E-state index contributed by atoms with van der Waals surface area (Å²) in [5.74, 6) is -0.853. The predicted octanol–water partition coefficient (Wildman–Crippen LogP) is 14.5. The lowest BCUT2D eigenvalue weighted by atomic mass is 10.0. The Kier molecular flexibility index (Phi) is 40.9. The second kappa shape index (κ2) is 42.2. The summed E-state index contributed by atoms with van der Waals surface area (Å²) in [5, 5.41) is 0. The minimum Gasteiger partial charge on any atom is -0.462 e. The Morgan fingerprint density at radius 2 is 0.519 bits per heavy atom. The first kappa shape index (κ1) is 50.4. The molecule has 0 unspecified atom stereocenters. The SMILES string of the molecule is CCCCCCCCCCCCCCCCC(=O)OC[C@@H](COC(=O)CCCCCCCCCCCCC)OC(=O)CCCCCCCCCCC. The number of ether oxygens (including phenoxy) is 3. The maximum Gasteiger partial charge on any atom is 0.306 e. The molecule has 0 saturated carbocycles. The number of hydrogen-bond acceptors (Lipinski definition) is 6. The molecule has 0 aromatic carbocycles. The largest absolute Gasteiger partial charge is 0.462 e. The van der Waals surface area contributed by atoms with Crippen LogP contribution in [-0.4, -0.2) is 37.2 Å². The Balaban J connectivity index is 4.28. The Morgan fingerprint density at radius 3 is 0.769 bits per heavy atom. The molecule has 52 heavy (non-hydrogen) atoms. The average Bonchev–Trinajstić information content (AvgIpc) is 3.14. The van der Waals surface area contributed by atoms with Gasteiger partial charge in [0, 0.05) is 19.3 Å². The van der Waals surface area contributed by atoms with Gasteiger partial charge in [-0.25, -0.2) is 0 Å². The van der Waals surface area contributed by atoms with E-state index in [4.69, 9.17) is 14.2 Å². The van der Waals surface area contributed by atoms with E-state index in [2.05, 4.69) is 20.8 Å². The van der Waals surface area contributed by atoms with Crippen molar-refractivity contribution in [2.45, 2.75) is 264 Å². The zero-order chi connectivity index (χ0) is 38.0. The van der Waals surface area contributed by atoms with Gasteiger partial charge in [0.05, 0.1) is 0 Å². The van der Waals surface area contributed by atoms with Crippen molar-refractivity contribution in [2.24, 2.45) is 0 Å². The number of rotatable bonds is 42. The lowest BCUT2D eigenvalue weighted by Crippen LogP contribution is -2.30. The molecule has 0 amide bonds. The van der Waals surface area contributed by atoms with E-state index in [1.165, 1.54) is 161 Å². The number of hydrogen-bond donors (Lipinski definition) is 0. The van der Waals surface area contributed by atoms with Crippen LogP contribution in [0.3, 0.4) is 0 Å². The zero-order valence-electron chi connectivity index (χ0n) is 35.1. The van der Waals surface area contributed by atoms with Crippen LogP contribution in [0.25, 0.3) is 0 Å². The highest BCUT2D eigenvalue weighted by Gasteiger charge is 2.19. The highest BCUT2D eigenvalue weighted by molar-refractivity contribution is 5.71. The Bertz CT molecular complexity index is 768. The normalized spacial score (nSPS) is 11.8. The summed E-state index contributed by atoms with van der Waals surface area (Å²) in [6.07, 6.45) is 42.2. The van der Waals surface area contributed by atoms with Gasteiger partial charge in [-0.1, -0.05) is 220 Å². The molecule has 1 atom stereocenters. The van der Waals surface area contributed by atoms with Crippen LogP contribution in [0.2, 0.25) is 0 Å². The molecule has 0 saturated heterocycles. The van der Waals surface area contributed by atoms with Crippen molar-refractivity contribution in [3.63, 3.8) is 0 Å². The van der Waals surface area contributed by atoms with Gasteiger partial charge in [-0.05, 0) is 19.3 Å². The quantitative estimate of drug-likeness (QED) is 0.0353. The zero-order valence-corrected chi connectivity index (χ0v) is 35.1. The van der Waals surface area contributed by atoms with Gasteiger partial charge in [-0.15, -0.1) is 0 Å². The van der Waals surface area contributed by atoms with Gasteiger partial charge in [0.25, 0.3) is 0 Å². The van der Waals surface area contributed by atoms with Crippen molar-refractivity contribution in [1.82, 2.24) is 0 Å². The van der Waals surface area contributed by atoms with Gasteiger partial charge in [0.15, 0.2) is 6.10 Å². The third-order valence-corrected chi connectivity index (χ3v) is 10.4. The van der Waals surface area contributed by atoms with Gasteiger partial charge in [0.2, 0.25) is 0 Å². The van der Waals surface area contributed by atoms with Gasteiger partial charge < -0.3 is 14.2 Å². The molecule has 0 aromatic heterocycles. The van der Waals surface area contributed by atoms with Crippen LogP contribution < -0.4 is 0 Å². The molecule has 0 bridgehead atoms. The second-order valence-corrected chi connectivity index (χ2v) is 15.7. The summed E-state index contributed by atoms with van der Waals surface area (Å²) >= 11 is 0. The molecule has 0 N–H and O–H groups in total. The first-order chi connectivity index (χ1) is 25.5. The summed E-state index contributed by atoms with van der Waals surface area (Å²) in [5.41, 5.74) is 0. The van der Waals surface area contributed by atoms with Gasteiger partial charge >= 0.3 is 17.9 Å². The molecule has 0 fully saturated rings. The van der Waals surface area contributed by atoms with E-state index in [1.54, 1.807) is 0 Å². The predicted molar refractivity (Wildman–Crippen MR) is 220 cm³/mol. The maximum absolute atomic E-state index is 12.7. The Labute approximate surface area is 323 Å². The van der Waals surface area contributed by atoms with E-state index < -0.39 is 6.10 Å². The van der Waals surface area contributed by atoms with Crippen LogP contribution >= 0.6 is 0 Å². The molecule has 0 aromatic rings. The fraction of sp³-hybridized carbons (Fsp3) is 0.935. The molecule has 0 radical (unpaired) electrons. The second-order valence-electron chi connectivity index (χ2n) is 15.7. The summed E-state index contributed by atoms with van der Waals surface area (Å²) in [4.78, 5) is 37.6. The van der Waals surface area contributed by atoms with Crippen molar-refractivity contribution < 1.29 is 28.6 Å². The van der Waals surface area contributed by atoms with E-state index in [-0.39, 0.29) is 31.1 Å². The lowest BCUT2D eigenvalue weighted by Gasteiger charge is -2.18. The molecule has 308 valence electrons. The van der Waals surface area contributed by atoms with Crippen LogP contribution in [0, 0.1) is 0 Å². The topological polar surface area (TPSA) is 78.9 Å². The molecule has 0 rings (SSSR count). The van der Waals surface area contributed by atoms with Gasteiger partial charge in [0.1, 0.15) is 13.2 Å². The third-order valence-electron chi connectivity index (χ3n) is 10.4. The maximum atomic E-state index is 12.7. The molecular weight excluding hydrogens is 648 g/mol. The lowest BCUT2D eigenvalue weighted by molar-refractivity contribution is -0.167. The van der Waals surface area contributed by atoms with Gasteiger partial charge in [-0.3, -0.25) is 14.4 Å². The summed E-state index contributed by atoms with van der Waals surface area (Å²) < 4.78 is 16.7. The van der Waals surface area contributed by atoms with Crippen LogP contribution in [0.15, 0.2) is 0 Å². The van der Waals surface area contributed by atoms with Gasteiger partial charge in [-0.2, -0.15) is 0 Å². The Hall–Kier alpha value is -1.59.